The highest BCUT2D eigenvalue weighted by atomic mass is 16.6. The Morgan fingerprint density at radius 2 is 1.88 bits per heavy atom. The van der Waals surface area contributed by atoms with Crippen molar-refractivity contribution in [2.24, 2.45) is 16.7 Å². The van der Waals surface area contributed by atoms with Crippen molar-refractivity contribution in [3.05, 3.63) is 23.3 Å². The summed E-state index contributed by atoms with van der Waals surface area (Å²) in [4.78, 5) is 24.1. The van der Waals surface area contributed by atoms with E-state index in [1.165, 1.54) is 6.08 Å². The Morgan fingerprint density at radius 1 is 1.20 bits per heavy atom. The summed E-state index contributed by atoms with van der Waals surface area (Å²) in [6, 6.07) is 0. The van der Waals surface area contributed by atoms with E-state index < -0.39 is 23.3 Å². The molecular weight excluding hydrogens is 320 g/mol. The normalized spacial score (nSPS) is 40.2. The first-order valence-corrected chi connectivity index (χ1v) is 9.05. The van der Waals surface area contributed by atoms with Crippen LogP contribution in [0, 0.1) is 16.7 Å². The van der Waals surface area contributed by atoms with Crippen LogP contribution in [-0.4, -0.2) is 33.9 Å². The van der Waals surface area contributed by atoms with Gasteiger partial charge in [0.15, 0.2) is 5.78 Å². The van der Waals surface area contributed by atoms with Crippen molar-refractivity contribution in [3.63, 3.8) is 0 Å². The molecule has 4 unspecified atom stereocenters. The van der Waals surface area contributed by atoms with Gasteiger partial charge in [0.05, 0.1) is 5.60 Å². The van der Waals surface area contributed by atoms with Crippen LogP contribution in [-0.2, 0) is 14.3 Å². The fourth-order valence-corrected chi connectivity index (χ4v) is 5.52. The van der Waals surface area contributed by atoms with Crippen LogP contribution in [0.25, 0.3) is 0 Å². The van der Waals surface area contributed by atoms with Crippen molar-refractivity contribution in [3.8, 4) is 0 Å². The van der Waals surface area contributed by atoms with Gasteiger partial charge in [0, 0.05) is 23.0 Å². The third-order valence-electron chi connectivity index (χ3n) is 6.80. The van der Waals surface area contributed by atoms with Crippen molar-refractivity contribution < 1.29 is 24.5 Å². The van der Waals surface area contributed by atoms with Crippen LogP contribution in [0.15, 0.2) is 23.3 Å². The highest BCUT2D eigenvalue weighted by molar-refractivity contribution is 5.95. The maximum atomic E-state index is 12.8. The van der Waals surface area contributed by atoms with E-state index >= 15 is 0 Å². The van der Waals surface area contributed by atoms with E-state index in [9.17, 15) is 19.8 Å². The zero-order valence-electron chi connectivity index (χ0n) is 15.5. The number of hydrogen-bond acceptors (Lipinski definition) is 5. The van der Waals surface area contributed by atoms with Crippen LogP contribution < -0.4 is 0 Å². The number of esters is 1. The second-order valence-electron chi connectivity index (χ2n) is 8.79. The van der Waals surface area contributed by atoms with Crippen LogP contribution >= 0.6 is 0 Å². The molecule has 3 rings (SSSR count). The number of ether oxygens (including phenoxy) is 1. The molecule has 0 radical (unpaired) electrons. The smallest absolute Gasteiger partial charge is 0.333 e. The number of cyclic esters (lactones) is 1. The van der Waals surface area contributed by atoms with Crippen LogP contribution in [0.1, 0.15) is 59.8 Å². The predicted octanol–water partition coefficient (Wildman–Crippen LogP) is 2.66. The second kappa shape index (κ2) is 5.78. The van der Waals surface area contributed by atoms with Crippen LogP contribution in [0.5, 0.6) is 0 Å². The molecule has 1 saturated carbocycles. The fourth-order valence-electron chi connectivity index (χ4n) is 5.52. The molecule has 1 fully saturated rings. The molecule has 0 spiro atoms. The number of allylic oxidation sites excluding steroid dienone is 1. The molecule has 1 heterocycles. The molecule has 4 atom stereocenters. The van der Waals surface area contributed by atoms with Crippen molar-refractivity contribution in [2.75, 3.05) is 0 Å². The summed E-state index contributed by atoms with van der Waals surface area (Å²) < 4.78 is 4.73. The first-order chi connectivity index (χ1) is 11.5. The second-order valence-corrected chi connectivity index (χ2v) is 8.79. The van der Waals surface area contributed by atoms with Gasteiger partial charge in [-0.3, -0.25) is 4.79 Å². The summed E-state index contributed by atoms with van der Waals surface area (Å²) in [6.45, 7) is 8.05. The van der Waals surface area contributed by atoms with E-state index in [2.05, 4.69) is 13.8 Å². The lowest BCUT2D eigenvalue weighted by atomic mass is 9.46. The number of aliphatic hydroxyl groups excluding tert-OH is 1. The zero-order chi connectivity index (χ0) is 18.6. The minimum absolute atomic E-state index is 0.105. The highest BCUT2D eigenvalue weighted by Crippen LogP contribution is 2.61. The van der Waals surface area contributed by atoms with Crippen molar-refractivity contribution in [2.45, 2.75) is 71.7 Å². The number of carbonyl (C=O) groups is 2. The SMILES string of the molecule is CC1=CC(=O)C2C(C)(C)CCCC2(C)C1(O)CCC1=CC(=O)OC1O. The zero-order valence-corrected chi connectivity index (χ0v) is 15.5. The van der Waals surface area contributed by atoms with E-state index in [0.29, 0.717) is 24.0 Å². The van der Waals surface area contributed by atoms with Gasteiger partial charge in [-0.1, -0.05) is 27.2 Å². The van der Waals surface area contributed by atoms with E-state index in [4.69, 9.17) is 4.74 Å². The summed E-state index contributed by atoms with van der Waals surface area (Å²) in [5.74, 6) is -0.681. The lowest BCUT2D eigenvalue weighted by Gasteiger charge is -2.59. The molecule has 3 aliphatic rings. The molecule has 0 aromatic heterocycles. The Labute approximate surface area is 148 Å². The molecule has 5 heteroatoms. The molecule has 0 saturated heterocycles. The van der Waals surface area contributed by atoms with Crippen LogP contribution in [0.4, 0.5) is 0 Å². The van der Waals surface area contributed by atoms with Gasteiger partial charge in [-0.15, -0.1) is 0 Å². The van der Waals surface area contributed by atoms with Gasteiger partial charge < -0.3 is 14.9 Å². The molecule has 2 aliphatic carbocycles. The van der Waals surface area contributed by atoms with Gasteiger partial charge >= 0.3 is 5.97 Å². The highest BCUT2D eigenvalue weighted by Gasteiger charge is 2.61. The quantitative estimate of drug-likeness (QED) is 0.766. The third kappa shape index (κ3) is 2.68. The molecular formula is C20H28O5. The molecule has 2 N–H and O–H groups in total. The first kappa shape index (κ1) is 18.3. The topological polar surface area (TPSA) is 83.8 Å². The molecule has 0 amide bonds. The number of fused-ring (bicyclic) bond motifs is 1. The molecule has 0 bridgehead atoms. The minimum atomic E-state index is -1.22. The summed E-state index contributed by atoms with van der Waals surface area (Å²) in [5.41, 5.74) is -0.706. The van der Waals surface area contributed by atoms with E-state index in [1.807, 2.05) is 13.8 Å². The Morgan fingerprint density at radius 3 is 2.48 bits per heavy atom. The molecule has 0 aromatic rings. The number of carbonyl (C=O) groups excluding carboxylic acids is 2. The van der Waals surface area contributed by atoms with E-state index in [0.717, 1.165) is 19.3 Å². The Kier molecular flexibility index (Phi) is 4.24. The standard InChI is InChI=1S/C20H28O5/c1-12-10-14(21)16-18(2,3)7-5-8-19(16,4)20(12,24)9-6-13-11-15(22)25-17(13)23/h10-11,16-17,23-24H,5-9H2,1-4H3. The van der Waals surface area contributed by atoms with Crippen LogP contribution in [0.3, 0.4) is 0 Å². The monoisotopic (exact) mass is 348 g/mol. The molecule has 138 valence electrons. The summed E-state index contributed by atoms with van der Waals surface area (Å²) >= 11 is 0. The van der Waals surface area contributed by atoms with Crippen molar-refractivity contribution in [1.82, 2.24) is 0 Å². The maximum Gasteiger partial charge on any atom is 0.333 e. The molecule has 5 nitrogen and oxygen atoms in total. The maximum absolute atomic E-state index is 12.8. The lowest BCUT2D eigenvalue weighted by molar-refractivity contribution is -0.164. The first-order valence-electron chi connectivity index (χ1n) is 9.05. The number of ketones is 1. The summed E-state index contributed by atoms with van der Waals surface area (Å²) in [6.07, 6.45) is 5.09. The Bertz CT molecular complexity index is 674. The average Bonchev–Trinajstić information content (AvgIpc) is 2.80. The van der Waals surface area contributed by atoms with Crippen molar-refractivity contribution >= 4 is 11.8 Å². The Hall–Kier alpha value is -1.46. The van der Waals surface area contributed by atoms with E-state index in [1.54, 1.807) is 6.08 Å². The van der Waals surface area contributed by atoms with Crippen molar-refractivity contribution in [1.29, 1.82) is 0 Å². The third-order valence-corrected chi connectivity index (χ3v) is 6.80. The largest absolute Gasteiger partial charge is 0.429 e. The molecule has 1 aliphatic heterocycles. The van der Waals surface area contributed by atoms with Gasteiger partial charge in [0.2, 0.25) is 6.29 Å². The van der Waals surface area contributed by atoms with Gasteiger partial charge in [0.25, 0.3) is 0 Å². The number of hydrogen-bond donors (Lipinski definition) is 2. The van der Waals surface area contributed by atoms with Gasteiger partial charge in [0.1, 0.15) is 0 Å². The van der Waals surface area contributed by atoms with Gasteiger partial charge in [-0.2, -0.15) is 0 Å². The lowest BCUT2D eigenvalue weighted by Crippen LogP contribution is -2.61. The minimum Gasteiger partial charge on any atom is -0.429 e. The van der Waals surface area contributed by atoms with Crippen LogP contribution in [0.2, 0.25) is 0 Å². The summed E-state index contributed by atoms with van der Waals surface area (Å²) in [5, 5.41) is 21.5. The molecule has 0 aromatic carbocycles. The Balaban J connectivity index is 1.95. The van der Waals surface area contributed by atoms with Gasteiger partial charge in [-0.25, -0.2) is 4.79 Å². The molecule has 25 heavy (non-hydrogen) atoms. The summed E-state index contributed by atoms with van der Waals surface area (Å²) in [7, 11) is 0. The fraction of sp³-hybridized carbons (Fsp3) is 0.700. The number of aliphatic hydroxyl groups is 2. The number of rotatable bonds is 3. The average molecular weight is 348 g/mol. The van der Waals surface area contributed by atoms with E-state index in [-0.39, 0.29) is 17.1 Å². The van der Waals surface area contributed by atoms with Gasteiger partial charge in [-0.05, 0) is 49.7 Å². The predicted molar refractivity (Wildman–Crippen MR) is 92.4 cm³/mol.